The van der Waals surface area contributed by atoms with Crippen molar-refractivity contribution in [3.05, 3.63) is 70.3 Å². The molecule has 4 heterocycles. The van der Waals surface area contributed by atoms with Crippen molar-refractivity contribution in [3.8, 4) is 28.4 Å². The van der Waals surface area contributed by atoms with Crippen LogP contribution in [0.5, 0.6) is 17.2 Å². The molecule has 0 radical (unpaired) electrons. The van der Waals surface area contributed by atoms with Crippen LogP contribution in [0, 0.1) is 0 Å². The van der Waals surface area contributed by atoms with Gasteiger partial charge in [0, 0.05) is 62.2 Å². The number of carbonyl (C=O) groups excluding carboxylic acids is 4. The van der Waals surface area contributed by atoms with Crippen molar-refractivity contribution >= 4 is 34.5 Å². The van der Waals surface area contributed by atoms with Crippen molar-refractivity contribution in [2.45, 2.75) is 44.2 Å². The second kappa shape index (κ2) is 15.5. The van der Waals surface area contributed by atoms with Gasteiger partial charge in [-0.3, -0.25) is 34.4 Å². The van der Waals surface area contributed by atoms with Gasteiger partial charge in [0.2, 0.25) is 17.7 Å². The minimum absolute atomic E-state index is 0.0247. The van der Waals surface area contributed by atoms with Crippen LogP contribution >= 0.6 is 0 Å². The maximum atomic E-state index is 12.9. The highest BCUT2D eigenvalue weighted by atomic mass is 16.5. The van der Waals surface area contributed by atoms with E-state index < -0.39 is 12.0 Å². The molecule has 15 heteroatoms. The van der Waals surface area contributed by atoms with Crippen LogP contribution in [0.3, 0.4) is 0 Å². The standard InChI is InChI=1S/C36H41N7O8/c1-42-20-27(25-17-39-41-34(25)36(42)48)23-14-29(49-2)26(30(15-23)50-3)16-37-18-32(45)38-19-33(46)43-12-10-22(11-13-43)21-4-6-24(7-5-21)51-28-8-9-31(44)40-35(28)47/h4-7,14-15,17,20,22,28,37H,8-13,16,18-19H2,1-3H3,(H,38,45)(H,39,41)(H,40,44,47). The van der Waals surface area contributed by atoms with Gasteiger partial charge in [-0.25, -0.2) is 0 Å². The fourth-order valence-corrected chi connectivity index (χ4v) is 6.58. The number of H-pyrrole nitrogens is 1. The lowest BCUT2D eigenvalue weighted by molar-refractivity contribution is -0.139. The summed E-state index contributed by atoms with van der Waals surface area (Å²) in [5, 5.41) is 15.6. The van der Waals surface area contributed by atoms with Crippen molar-refractivity contribution in [2.24, 2.45) is 7.05 Å². The SMILES string of the molecule is COc1cc(-c2cn(C)c(=O)c3[nH]ncc23)cc(OC)c1CNCC(=O)NCC(=O)N1CCC(c2ccc(OC3CCC(=O)NC3=O)cc2)CC1. The Balaban J connectivity index is 0.961. The second-order valence-corrected chi connectivity index (χ2v) is 12.6. The minimum Gasteiger partial charge on any atom is -0.496 e. The first kappa shape index (κ1) is 35.1. The molecule has 15 nitrogen and oxygen atoms in total. The van der Waals surface area contributed by atoms with Crippen molar-refractivity contribution in [3.63, 3.8) is 0 Å². The highest BCUT2D eigenvalue weighted by molar-refractivity contribution is 6.00. The van der Waals surface area contributed by atoms with E-state index in [0.717, 1.165) is 29.5 Å². The number of amides is 4. The first-order valence-corrected chi connectivity index (χ1v) is 16.8. The summed E-state index contributed by atoms with van der Waals surface area (Å²) in [6, 6.07) is 11.3. The smallest absolute Gasteiger partial charge is 0.276 e. The Morgan fingerprint density at radius 2 is 1.69 bits per heavy atom. The van der Waals surface area contributed by atoms with Gasteiger partial charge in [0.1, 0.15) is 22.8 Å². The Morgan fingerprint density at radius 3 is 2.35 bits per heavy atom. The third-order valence-electron chi connectivity index (χ3n) is 9.40. The van der Waals surface area contributed by atoms with Crippen LogP contribution in [-0.4, -0.2) is 89.8 Å². The summed E-state index contributed by atoms with van der Waals surface area (Å²) in [7, 11) is 4.77. The molecular weight excluding hydrogens is 658 g/mol. The Bertz CT molecular complexity index is 1970. The lowest BCUT2D eigenvalue weighted by atomic mass is 9.89. The molecular formula is C36H41N7O8. The molecule has 2 aliphatic heterocycles. The molecule has 51 heavy (non-hydrogen) atoms. The summed E-state index contributed by atoms with van der Waals surface area (Å²) in [6.07, 6.45) is 4.85. The largest absolute Gasteiger partial charge is 0.496 e. The fraction of sp³-hybridized carbons (Fsp3) is 0.389. The topological polar surface area (TPSA) is 186 Å². The van der Waals surface area contributed by atoms with E-state index in [1.54, 1.807) is 38.6 Å². The maximum absolute atomic E-state index is 12.9. The number of rotatable bonds is 12. The van der Waals surface area contributed by atoms with E-state index in [-0.39, 0.29) is 55.3 Å². The third kappa shape index (κ3) is 7.88. The number of hydrogen-bond donors (Lipinski definition) is 4. The van der Waals surface area contributed by atoms with Crippen molar-refractivity contribution in [2.75, 3.05) is 40.4 Å². The molecule has 6 rings (SSSR count). The number of ether oxygens (including phenoxy) is 3. The molecule has 0 bridgehead atoms. The number of carbonyl (C=O) groups is 4. The van der Waals surface area contributed by atoms with Crippen molar-refractivity contribution in [1.82, 2.24) is 35.6 Å². The van der Waals surface area contributed by atoms with Crippen LogP contribution in [0.1, 0.15) is 42.7 Å². The van der Waals surface area contributed by atoms with E-state index in [0.29, 0.717) is 53.2 Å². The zero-order valence-corrected chi connectivity index (χ0v) is 28.7. The summed E-state index contributed by atoms with van der Waals surface area (Å²) < 4.78 is 18.6. The number of nitrogens with zero attached hydrogens (tertiary/aromatic N) is 3. The zero-order chi connectivity index (χ0) is 36.1. The molecule has 2 fully saturated rings. The number of benzene rings is 2. The van der Waals surface area contributed by atoms with Crippen LogP contribution in [-0.2, 0) is 32.8 Å². The predicted octanol–water partition coefficient (Wildman–Crippen LogP) is 1.74. The fourth-order valence-electron chi connectivity index (χ4n) is 6.58. The second-order valence-electron chi connectivity index (χ2n) is 12.6. The molecule has 1 atom stereocenters. The molecule has 0 spiro atoms. The van der Waals surface area contributed by atoms with E-state index in [9.17, 15) is 24.0 Å². The van der Waals surface area contributed by atoms with E-state index in [2.05, 4.69) is 26.1 Å². The molecule has 0 saturated carbocycles. The van der Waals surface area contributed by atoms with Gasteiger partial charge in [-0.05, 0) is 54.2 Å². The molecule has 2 saturated heterocycles. The van der Waals surface area contributed by atoms with Gasteiger partial charge in [-0.1, -0.05) is 12.1 Å². The van der Waals surface area contributed by atoms with Gasteiger partial charge in [0.05, 0.1) is 33.5 Å². The van der Waals surface area contributed by atoms with Crippen LogP contribution in [0.15, 0.2) is 53.6 Å². The number of likely N-dealkylation sites (tertiary alicyclic amines) is 1. The summed E-state index contributed by atoms with van der Waals surface area (Å²) in [4.78, 5) is 63.2. The number of aromatic nitrogens is 3. The Kier molecular flexibility index (Phi) is 10.7. The van der Waals surface area contributed by atoms with Gasteiger partial charge in [-0.2, -0.15) is 5.10 Å². The van der Waals surface area contributed by atoms with Crippen molar-refractivity contribution < 1.29 is 33.4 Å². The summed E-state index contributed by atoms with van der Waals surface area (Å²) in [5.74, 6) is 0.759. The van der Waals surface area contributed by atoms with Gasteiger partial charge in [0.25, 0.3) is 11.5 Å². The van der Waals surface area contributed by atoms with Gasteiger partial charge < -0.3 is 34.3 Å². The summed E-state index contributed by atoms with van der Waals surface area (Å²) in [5.41, 5.74) is 3.59. The zero-order valence-electron chi connectivity index (χ0n) is 28.7. The number of methoxy groups -OCH3 is 2. The van der Waals surface area contributed by atoms with Crippen LogP contribution in [0.4, 0.5) is 0 Å². The third-order valence-corrected chi connectivity index (χ3v) is 9.40. The van der Waals surface area contributed by atoms with Crippen LogP contribution in [0.2, 0.25) is 0 Å². The molecule has 2 aromatic carbocycles. The molecule has 1 unspecified atom stereocenters. The lowest BCUT2D eigenvalue weighted by Crippen LogP contribution is -2.46. The normalized spacial score (nSPS) is 16.5. The molecule has 2 aromatic heterocycles. The molecule has 4 amide bonds. The molecule has 0 aliphatic carbocycles. The quantitative estimate of drug-likeness (QED) is 0.159. The number of imide groups is 1. The summed E-state index contributed by atoms with van der Waals surface area (Å²) >= 11 is 0. The Morgan fingerprint density at radius 1 is 0.980 bits per heavy atom. The van der Waals surface area contributed by atoms with Gasteiger partial charge in [-0.15, -0.1) is 0 Å². The lowest BCUT2D eigenvalue weighted by Gasteiger charge is -2.32. The number of piperidine rings is 2. The number of aryl methyl sites for hydroxylation is 1. The molecule has 2 aliphatic rings. The van der Waals surface area contributed by atoms with E-state index >= 15 is 0 Å². The van der Waals surface area contributed by atoms with Gasteiger partial charge >= 0.3 is 0 Å². The predicted molar refractivity (Wildman–Crippen MR) is 186 cm³/mol. The van der Waals surface area contributed by atoms with E-state index in [4.69, 9.17) is 14.2 Å². The highest BCUT2D eigenvalue weighted by Crippen LogP contribution is 2.37. The number of fused-ring (bicyclic) bond motifs is 1. The number of hydrogen-bond acceptors (Lipinski definition) is 10. The van der Waals surface area contributed by atoms with Crippen molar-refractivity contribution in [1.29, 1.82) is 0 Å². The van der Waals surface area contributed by atoms with Crippen LogP contribution in [0.25, 0.3) is 22.0 Å². The highest BCUT2D eigenvalue weighted by Gasteiger charge is 2.29. The minimum atomic E-state index is -0.681. The number of pyridine rings is 1. The first-order chi connectivity index (χ1) is 24.6. The van der Waals surface area contributed by atoms with Gasteiger partial charge in [0.15, 0.2) is 6.10 Å². The number of nitrogens with one attached hydrogen (secondary N) is 4. The van der Waals surface area contributed by atoms with E-state index in [1.807, 2.05) is 36.4 Å². The molecule has 268 valence electrons. The number of aromatic amines is 1. The maximum Gasteiger partial charge on any atom is 0.276 e. The average molecular weight is 700 g/mol. The van der Waals surface area contributed by atoms with Crippen LogP contribution < -0.4 is 35.7 Å². The summed E-state index contributed by atoms with van der Waals surface area (Å²) in [6.45, 7) is 1.30. The molecule has 4 N–H and O–H groups in total. The average Bonchev–Trinajstić information content (AvgIpc) is 3.64. The first-order valence-electron chi connectivity index (χ1n) is 16.8. The Hall–Kier alpha value is -5.70. The molecule has 4 aromatic rings. The Labute approximate surface area is 293 Å². The van der Waals surface area contributed by atoms with E-state index in [1.165, 1.54) is 4.57 Å². The monoisotopic (exact) mass is 699 g/mol.